The molecule has 0 aliphatic carbocycles. The lowest BCUT2D eigenvalue weighted by Gasteiger charge is -2.28. The molecule has 17 heavy (non-hydrogen) atoms. The zero-order chi connectivity index (χ0) is 12.1. The molecule has 2 heterocycles. The average molecular weight is 255 g/mol. The van der Waals surface area contributed by atoms with Crippen LogP contribution in [-0.2, 0) is 16.1 Å². The Balaban J connectivity index is 1.90. The molecule has 2 N–H and O–H groups in total. The standard InChI is InChI=1S/C12H17NO3S/c14-12(15)11(9-3-1-5-16-8-9)13-7-10-4-2-6-17-10/h2,4,6,9,11,13H,1,3,5,7-8H2,(H,14,15). The van der Waals surface area contributed by atoms with Crippen LogP contribution in [0.15, 0.2) is 17.5 Å². The molecule has 0 bridgehead atoms. The molecule has 1 aromatic rings. The van der Waals surface area contributed by atoms with Gasteiger partial charge in [0, 0.05) is 23.9 Å². The summed E-state index contributed by atoms with van der Waals surface area (Å²) in [6, 6.07) is 3.48. The number of hydrogen-bond donors (Lipinski definition) is 2. The fraction of sp³-hybridized carbons (Fsp3) is 0.583. The Hall–Kier alpha value is -0.910. The van der Waals surface area contributed by atoms with Gasteiger partial charge in [0.2, 0.25) is 0 Å². The first kappa shape index (κ1) is 12.5. The van der Waals surface area contributed by atoms with E-state index in [2.05, 4.69) is 5.32 Å². The molecule has 1 fully saturated rings. The maximum absolute atomic E-state index is 11.2. The summed E-state index contributed by atoms with van der Waals surface area (Å²) in [4.78, 5) is 12.4. The second-order valence-electron chi connectivity index (χ2n) is 4.25. The van der Waals surface area contributed by atoms with Crippen molar-refractivity contribution < 1.29 is 14.6 Å². The van der Waals surface area contributed by atoms with Crippen molar-refractivity contribution >= 4 is 17.3 Å². The average Bonchev–Trinajstić information content (AvgIpc) is 2.83. The number of hydrogen-bond acceptors (Lipinski definition) is 4. The molecule has 2 rings (SSSR count). The van der Waals surface area contributed by atoms with Gasteiger partial charge in [-0.1, -0.05) is 6.07 Å². The number of nitrogens with one attached hydrogen (secondary N) is 1. The van der Waals surface area contributed by atoms with Crippen LogP contribution < -0.4 is 5.32 Å². The second kappa shape index (κ2) is 6.14. The van der Waals surface area contributed by atoms with Crippen LogP contribution in [0.5, 0.6) is 0 Å². The highest BCUT2D eigenvalue weighted by Gasteiger charge is 2.29. The third-order valence-electron chi connectivity index (χ3n) is 3.01. The number of carboxylic acid groups (broad SMARTS) is 1. The molecule has 0 radical (unpaired) electrons. The quantitative estimate of drug-likeness (QED) is 0.841. The van der Waals surface area contributed by atoms with Crippen LogP contribution >= 0.6 is 11.3 Å². The predicted octanol–water partition coefficient (Wildman–Crippen LogP) is 1.72. The van der Waals surface area contributed by atoms with Crippen molar-refractivity contribution in [2.45, 2.75) is 25.4 Å². The van der Waals surface area contributed by atoms with Crippen molar-refractivity contribution in [3.8, 4) is 0 Å². The summed E-state index contributed by atoms with van der Waals surface area (Å²) in [5.41, 5.74) is 0. The van der Waals surface area contributed by atoms with Gasteiger partial charge >= 0.3 is 5.97 Å². The first-order chi connectivity index (χ1) is 8.27. The molecule has 2 atom stereocenters. The van der Waals surface area contributed by atoms with Crippen molar-refractivity contribution in [1.82, 2.24) is 5.32 Å². The minimum Gasteiger partial charge on any atom is -0.480 e. The molecule has 0 saturated carbocycles. The lowest BCUT2D eigenvalue weighted by atomic mass is 9.94. The normalized spacial score (nSPS) is 22.2. The Labute approximate surface area is 105 Å². The fourth-order valence-electron chi connectivity index (χ4n) is 2.11. The van der Waals surface area contributed by atoms with E-state index in [1.165, 1.54) is 0 Å². The summed E-state index contributed by atoms with van der Waals surface area (Å²) < 4.78 is 5.35. The number of ether oxygens (including phenoxy) is 1. The number of aliphatic carboxylic acids is 1. The molecular formula is C12H17NO3S. The number of carbonyl (C=O) groups is 1. The Morgan fingerprint density at radius 2 is 2.59 bits per heavy atom. The Morgan fingerprint density at radius 1 is 1.71 bits per heavy atom. The number of rotatable bonds is 5. The molecule has 0 spiro atoms. The monoisotopic (exact) mass is 255 g/mol. The van der Waals surface area contributed by atoms with Crippen LogP contribution in [0.4, 0.5) is 0 Å². The van der Waals surface area contributed by atoms with Gasteiger partial charge in [0.1, 0.15) is 6.04 Å². The second-order valence-corrected chi connectivity index (χ2v) is 5.29. The van der Waals surface area contributed by atoms with Gasteiger partial charge in [-0.15, -0.1) is 11.3 Å². The van der Waals surface area contributed by atoms with E-state index in [9.17, 15) is 9.90 Å². The zero-order valence-electron chi connectivity index (χ0n) is 9.59. The topological polar surface area (TPSA) is 58.6 Å². The van der Waals surface area contributed by atoms with Gasteiger partial charge in [0.15, 0.2) is 0 Å². The van der Waals surface area contributed by atoms with E-state index in [0.29, 0.717) is 13.2 Å². The molecule has 94 valence electrons. The van der Waals surface area contributed by atoms with E-state index >= 15 is 0 Å². The minimum absolute atomic E-state index is 0.0845. The van der Waals surface area contributed by atoms with E-state index in [1.807, 2.05) is 17.5 Å². The van der Waals surface area contributed by atoms with Crippen molar-refractivity contribution in [3.05, 3.63) is 22.4 Å². The van der Waals surface area contributed by atoms with Crippen molar-refractivity contribution in [2.24, 2.45) is 5.92 Å². The smallest absolute Gasteiger partial charge is 0.321 e. The molecule has 2 unspecified atom stereocenters. The van der Waals surface area contributed by atoms with Crippen molar-refractivity contribution in [3.63, 3.8) is 0 Å². The van der Waals surface area contributed by atoms with Crippen LogP contribution in [0.3, 0.4) is 0 Å². The van der Waals surface area contributed by atoms with E-state index in [1.54, 1.807) is 11.3 Å². The van der Waals surface area contributed by atoms with E-state index in [4.69, 9.17) is 4.74 Å². The lowest BCUT2D eigenvalue weighted by Crippen LogP contribution is -2.45. The first-order valence-electron chi connectivity index (χ1n) is 5.83. The maximum Gasteiger partial charge on any atom is 0.321 e. The van der Waals surface area contributed by atoms with Crippen LogP contribution in [0.1, 0.15) is 17.7 Å². The number of carboxylic acids is 1. The summed E-state index contributed by atoms with van der Waals surface area (Å²) in [6.45, 7) is 1.92. The summed E-state index contributed by atoms with van der Waals surface area (Å²) in [5, 5.41) is 14.4. The van der Waals surface area contributed by atoms with E-state index < -0.39 is 12.0 Å². The third kappa shape index (κ3) is 3.52. The Bertz CT molecular complexity index is 347. The summed E-state index contributed by atoms with van der Waals surface area (Å²) in [7, 11) is 0. The van der Waals surface area contributed by atoms with Gasteiger partial charge in [0.05, 0.1) is 6.61 Å². The predicted molar refractivity (Wildman–Crippen MR) is 66.1 cm³/mol. The van der Waals surface area contributed by atoms with Gasteiger partial charge in [-0.2, -0.15) is 0 Å². The van der Waals surface area contributed by atoms with Crippen molar-refractivity contribution in [2.75, 3.05) is 13.2 Å². The highest BCUT2D eigenvalue weighted by atomic mass is 32.1. The highest BCUT2D eigenvalue weighted by molar-refractivity contribution is 7.09. The Kier molecular flexibility index (Phi) is 4.53. The van der Waals surface area contributed by atoms with Gasteiger partial charge in [-0.25, -0.2) is 0 Å². The van der Waals surface area contributed by atoms with Crippen molar-refractivity contribution in [1.29, 1.82) is 0 Å². The minimum atomic E-state index is -0.781. The van der Waals surface area contributed by atoms with Gasteiger partial charge < -0.3 is 9.84 Å². The molecule has 0 amide bonds. The zero-order valence-corrected chi connectivity index (χ0v) is 10.4. The molecule has 4 nitrogen and oxygen atoms in total. The number of thiophene rings is 1. The fourth-order valence-corrected chi connectivity index (χ4v) is 2.76. The van der Waals surface area contributed by atoms with Crippen LogP contribution in [-0.4, -0.2) is 30.3 Å². The van der Waals surface area contributed by atoms with Gasteiger partial charge in [-0.05, 0) is 24.3 Å². The van der Waals surface area contributed by atoms with Gasteiger partial charge in [-0.3, -0.25) is 10.1 Å². The molecule has 0 aromatic carbocycles. The van der Waals surface area contributed by atoms with E-state index in [-0.39, 0.29) is 5.92 Å². The molecule has 1 aliphatic heterocycles. The first-order valence-corrected chi connectivity index (χ1v) is 6.71. The lowest BCUT2D eigenvalue weighted by molar-refractivity contribution is -0.142. The summed E-state index contributed by atoms with van der Waals surface area (Å²) in [5.74, 6) is -0.696. The third-order valence-corrected chi connectivity index (χ3v) is 3.89. The van der Waals surface area contributed by atoms with E-state index in [0.717, 1.165) is 24.3 Å². The van der Waals surface area contributed by atoms with Crippen LogP contribution in [0, 0.1) is 5.92 Å². The Morgan fingerprint density at radius 3 is 3.18 bits per heavy atom. The summed E-state index contributed by atoms with van der Waals surface area (Å²) >= 11 is 1.64. The largest absolute Gasteiger partial charge is 0.480 e. The molecule has 1 aliphatic rings. The van der Waals surface area contributed by atoms with Gasteiger partial charge in [0.25, 0.3) is 0 Å². The maximum atomic E-state index is 11.2. The van der Waals surface area contributed by atoms with Crippen LogP contribution in [0.25, 0.3) is 0 Å². The molecule has 1 aromatic heterocycles. The SMILES string of the molecule is O=C(O)C(NCc1cccs1)C1CCCOC1. The molecule has 5 heteroatoms. The summed E-state index contributed by atoms with van der Waals surface area (Å²) in [6.07, 6.45) is 1.88. The molecule has 1 saturated heterocycles. The van der Waals surface area contributed by atoms with Crippen LogP contribution in [0.2, 0.25) is 0 Å². The molecular weight excluding hydrogens is 238 g/mol. The highest BCUT2D eigenvalue weighted by Crippen LogP contribution is 2.18.